The lowest BCUT2D eigenvalue weighted by Crippen LogP contribution is -2.22. The first-order chi connectivity index (χ1) is 6.84. The maximum absolute atomic E-state index is 5.27. The van der Waals surface area contributed by atoms with E-state index >= 15 is 0 Å². The Morgan fingerprint density at radius 1 is 1.57 bits per heavy atom. The van der Waals surface area contributed by atoms with Crippen LogP contribution < -0.4 is 5.32 Å². The molecule has 0 radical (unpaired) electrons. The Kier molecular flexibility index (Phi) is 3.10. The minimum atomic E-state index is 0.638. The Labute approximate surface area is 82.8 Å². The molecule has 1 aliphatic rings. The molecule has 78 valence electrons. The van der Waals surface area contributed by atoms with Gasteiger partial charge in [-0.15, -0.1) is 0 Å². The molecule has 1 fully saturated rings. The van der Waals surface area contributed by atoms with E-state index in [4.69, 9.17) is 9.26 Å². The first-order valence-electron chi connectivity index (χ1n) is 4.92. The van der Waals surface area contributed by atoms with Gasteiger partial charge in [-0.05, 0) is 19.3 Å². The van der Waals surface area contributed by atoms with Crippen molar-refractivity contribution >= 4 is 0 Å². The lowest BCUT2D eigenvalue weighted by Gasteiger charge is -2.06. The first kappa shape index (κ1) is 9.61. The maximum atomic E-state index is 5.27. The zero-order valence-corrected chi connectivity index (χ0v) is 8.32. The Balaban J connectivity index is 1.67. The molecular weight excluding hydrogens is 182 g/mol. The lowest BCUT2D eigenvalue weighted by molar-refractivity contribution is 0.185. The summed E-state index contributed by atoms with van der Waals surface area (Å²) in [6.45, 7) is 5.19. The van der Waals surface area contributed by atoms with Gasteiger partial charge in [-0.25, -0.2) is 0 Å². The summed E-state index contributed by atoms with van der Waals surface area (Å²) in [5.74, 6) is 1.98. The average Bonchev–Trinajstić information content (AvgIpc) is 2.77. The largest absolute Gasteiger partial charge is 0.381 e. The van der Waals surface area contributed by atoms with Crippen LogP contribution in [-0.4, -0.2) is 29.9 Å². The standard InChI is InChI=1S/C9H15N3O2/c1-7-11-9(14-12-7)5-10-4-8-2-3-13-6-8/h8,10H,2-6H2,1H3. The number of hydrogen-bond donors (Lipinski definition) is 1. The van der Waals surface area contributed by atoms with E-state index in [1.807, 2.05) is 6.92 Å². The van der Waals surface area contributed by atoms with Crippen LogP contribution in [0.1, 0.15) is 18.1 Å². The normalized spacial score (nSPS) is 21.6. The van der Waals surface area contributed by atoms with E-state index in [9.17, 15) is 0 Å². The molecule has 1 N–H and O–H groups in total. The molecule has 1 atom stereocenters. The molecular formula is C9H15N3O2. The third kappa shape index (κ3) is 2.52. The van der Waals surface area contributed by atoms with Gasteiger partial charge in [0.05, 0.1) is 13.2 Å². The third-order valence-corrected chi connectivity index (χ3v) is 2.30. The zero-order valence-electron chi connectivity index (χ0n) is 8.32. The van der Waals surface area contributed by atoms with Crippen molar-refractivity contribution in [3.63, 3.8) is 0 Å². The Morgan fingerprint density at radius 3 is 3.14 bits per heavy atom. The van der Waals surface area contributed by atoms with Crippen molar-refractivity contribution in [3.05, 3.63) is 11.7 Å². The van der Waals surface area contributed by atoms with Crippen molar-refractivity contribution in [3.8, 4) is 0 Å². The van der Waals surface area contributed by atoms with Crippen LogP contribution >= 0.6 is 0 Å². The number of aromatic nitrogens is 2. The molecule has 1 aliphatic heterocycles. The highest BCUT2D eigenvalue weighted by Gasteiger charge is 2.15. The molecule has 14 heavy (non-hydrogen) atoms. The average molecular weight is 197 g/mol. The van der Waals surface area contributed by atoms with E-state index in [-0.39, 0.29) is 0 Å². The lowest BCUT2D eigenvalue weighted by atomic mass is 10.1. The highest BCUT2D eigenvalue weighted by Crippen LogP contribution is 2.10. The molecule has 5 nitrogen and oxygen atoms in total. The number of aryl methyl sites for hydroxylation is 1. The van der Waals surface area contributed by atoms with Crippen molar-refractivity contribution < 1.29 is 9.26 Å². The topological polar surface area (TPSA) is 60.2 Å². The molecule has 2 heterocycles. The van der Waals surface area contributed by atoms with Gasteiger partial charge in [-0.3, -0.25) is 0 Å². The van der Waals surface area contributed by atoms with E-state index in [0.29, 0.717) is 24.2 Å². The van der Waals surface area contributed by atoms with Crippen LogP contribution in [0.3, 0.4) is 0 Å². The number of nitrogens with zero attached hydrogens (tertiary/aromatic N) is 2. The number of ether oxygens (including phenoxy) is 1. The predicted molar refractivity (Wildman–Crippen MR) is 49.7 cm³/mol. The summed E-state index contributed by atoms with van der Waals surface area (Å²) in [6, 6.07) is 0. The molecule has 2 rings (SSSR count). The van der Waals surface area contributed by atoms with Gasteiger partial charge in [0.1, 0.15) is 0 Å². The highest BCUT2D eigenvalue weighted by molar-refractivity contribution is 4.82. The van der Waals surface area contributed by atoms with Crippen molar-refractivity contribution in [1.29, 1.82) is 0 Å². The van der Waals surface area contributed by atoms with Crippen LogP contribution in [0, 0.1) is 12.8 Å². The van der Waals surface area contributed by atoms with Crippen LogP contribution in [-0.2, 0) is 11.3 Å². The second-order valence-corrected chi connectivity index (χ2v) is 3.60. The van der Waals surface area contributed by atoms with Gasteiger partial charge in [0, 0.05) is 13.2 Å². The highest BCUT2D eigenvalue weighted by atomic mass is 16.5. The number of hydrogen-bond acceptors (Lipinski definition) is 5. The summed E-state index contributed by atoms with van der Waals surface area (Å²) in [6.07, 6.45) is 1.15. The summed E-state index contributed by atoms with van der Waals surface area (Å²) in [5.41, 5.74) is 0. The molecule has 5 heteroatoms. The van der Waals surface area contributed by atoms with Gasteiger partial charge >= 0.3 is 0 Å². The minimum Gasteiger partial charge on any atom is -0.381 e. The minimum absolute atomic E-state index is 0.638. The van der Waals surface area contributed by atoms with Gasteiger partial charge in [0.2, 0.25) is 5.89 Å². The summed E-state index contributed by atoms with van der Waals surface area (Å²) >= 11 is 0. The summed E-state index contributed by atoms with van der Waals surface area (Å²) < 4.78 is 10.2. The van der Waals surface area contributed by atoms with E-state index in [1.165, 1.54) is 0 Å². The van der Waals surface area contributed by atoms with Crippen LogP contribution in [0.15, 0.2) is 4.52 Å². The molecule has 1 saturated heterocycles. The fourth-order valence-electron chi connectivity index (χ4n) is 1.54. The molecule has 1 aromatic heterocycles. The van der Waals surface area contributed by atoms with Crippen LogP contribution in [0.2, 0.25) is 0 Å². The van der Waals surface area contributed by atoms with E-state index in [0.717, 1.165) is 26.2 Å². The maximum Gasteiger partial charge on any atom is 0.240 e. The summed E-state index contributed by atoms with van der Waals surface area (Å²) in [7, 11) is 0. The van der Waals surface area contributed by atoms with Crippen LogP contribution in [0.25, 0.3) is 0 Å². The van der Waals surface area contributed by atoms with Crippen LogP contribution in [0.4, 0.5) is 0 Å². The number of rotatable bonds is 4. The van der Waals surface area contributed by atoms with Gasteiger partial charge < -0.3 is 14.6 Å². The monoisotopic (exact) mass is 197 g/mol. The molecule has 0 aliphatic carbocycles. The second kappa shape index (κ2) is 4.52. The third-order valence-electron chi connectivity index (χ3n) is 2.30. The summed E-state index contributed by atoms with van der Waals surface area (Å²) in [5, 5.41) is 7.00. The molecule has 1 unspecified atom stereocenters. The van der Waals surface area contributed by atoms with Gasteiger partial charge in [0.15, 0.2) is 5.82 Å². The van der Waals surface area contributed by atoms with Gasteiger partial charge in [-0.2, -0.15) is 4.98 Å². The first-order valence-corrected chi connectivity index (χ1v) is 4.92. The van der Waals surface area contributed by atoms with Gasteiger partial charge in [-0.1, -0.05) is 5.16 Å². The zero-order chi connectivity index (χ0) is 9.80. The van der Waals surface area contributed by atoms with E-state index < -0.39 is 0 Å². The molecule has 0 aromatic carbocycles. The van der Waals surface area contributed by atoms with Crippen LogP contribution in [0.5, 0.6) is 0 Å². The quantitative estimate of drug-likeness (QED) is 0.761. The Hall–Kier alpha value is -0.940. The predicted octanol–water partition coefficient (Wildman–Crippen LogP) is 0.504. The SMILES string of the molecule is Cc1noc(CNCC2CCOC2)n1. The molecule has 0 amide bonds. The van der Waals surface area contributed by atoms with E-state index in [1.54, 1.807) is 0 Å². The van der Waals surface area contributed by atoms with Crippen molar-refractivity contribution in [1.82, 2.24) is 15.5 Å². The number of nitrogens with one attached hydrogen (secondary N) is 1. The van der Waals surface area contributed by atoms with E-state index in [2.05, 4.69) is 15.5 Å². The van der Waals surface area contributed by atoms with Gasteiger partial charge in [0.25, 0.3) is 0 Å². The summed E-state index contributed by atoms with van der Waals surface area (Å²) in [4.78, 5) is 4.10. The Morgan fingerprint density at radius 2 is 2.50 bits per heavy atom. The fraction of sp³-hybridized carbons (Fsp3) is 0.778. The van der Waals surface area contributed by atoms with Crippen molar-refractivity contribution in [2.45, 2.75) is 19.9 Å². The fourth-order valence-corrected chi connectivity index (χ4v) is 1.54. The smallest absolute Gasteiger partial charge is 0.240 e. The van der Waals surface area contributed by atoms with Crippen molar-refractivity contribution in [2.75, 3.05) is 19.8 Å². The molecule has 0 bridgehead atoms. The second-order valence-electron chi connectivity index (χ2n) is 3.60. The molecule has 0 saturated carbocycles. The molecule has 1 aromatic rings. The Bertz CT molecular complexity index is 281. The molecule has 0 spiro atoms. The van der Waals surface area contributed by atoms with Crippen molar-refractivity contribution in [2.24, 2.45) is 5.92 Å².